The quantitative estimate of drug-likeness (QED) is 0.576. The molecule has 0 saturated heterocycles. The zero-order valence-electron chi connectivity index (χ0n) is 7.07. The Morgan fingerprint density at radius 1 is 1.58 bits per heavy atom. The molecular formula is C8H11NO3. The average molecular weight is 169 g/mol. The Balaban J connectivity index is 2.70. The number of imide groups is 1. The van der Waals surface area contributed by atoms with E-state index in [2.05, 4.69) is 0 Å². The standard InChI is InChI=1S/C8H11NO3/c1-5-3-7(11)9(8(5)12)4-6(2)10/h3,6,10H,4H2,1-2H3. The molecule has 1 aliphatic heterocycles. The Kier molecular flexibility index (Phi) is 2.28. The van der Waals surface area contributed by atoms with Crippen LogP contribution in [0.2, 0.25) is 0 Å². The minimum Gasteiger partial charge on any atom is -0.392 e. The second-order valence-electron chi connectivity index (χ2n) is 2.93. The summed E-state index contributed by atoms with van der Waals surface area (Å²) in [4.78, 5) is 23.3. The van der Waals surface area contributed by atoms with Gasteiger partial charge in [-0.2, -0.15) is 0 Å². The van der Waals surface area contributed by atoms with Crippen LogP contribution in [0.25, 0.3) is 0 Å². The molecule has 0 radical (unpaired) electrons. The normalized spacial score (nSPS) is 19.9. The van der Waals surface area contributed by atoms with Gasteiger partial charge in [-0.1, -0.05) is 0 Å². The summed E-state index contributed by atoms with van der Waals surface area (Å²) in [6, 6.07) is 0. The SMILES string of the molecule is CC1=CC(=O)N(CC(C)O)C1=O. The first kappa shape index (κ1) is 8.93. The maximum Gasteiger partial charge on any atom is 0.256 e. The van der Waals surface area contributed by atoms with Crippen molar-refractivity contribution in [3.05, 3.63) is 11.6 Å². The summed E-state index contributed by atoms with van der Waals surface area (Å²) in [5.41, 5.74) is 0.431. The van der Waals surface area contributed by atoms with Gasteiger partial charge in [0.05, 0.1) is 12.6 Å². The van der Waals surface area contributed by atoms with Gasteiger partial charge in [0.25, 0.3) is 11.8 Å². The zero-order chi connectivity index (χ0) is 9.30. The molecule has 1 N–H and O–H groups in total. The van der Waals surface area contributed by atoms with Gasteiger partial charge < -0.3 is 5.11 Å². The molecule has 4 heteroatoms. The van der Waals surface area contributed by atoms with Gasteiger partial charge in [0.15, 0.2) is 0 Å². The van der Waals surface area contributed by atoms with Crippen molar-refractivity contribution in [3.8, 4) is 0 Å². The minimum absolute atomic E-state index is 0.0749. The lowest BCUT2D eigenvalue weighted by Gasteiger charge is -2.15. The van der Waals surface area contributed by atoms with E-state index in [9.17, 15) is 9.59 Å². The smallest absolute Gasteiger partial charge is 0.256 e. The van der Waals surface area contributed by atoms with E-state index in [-0.39, 0.29) is 18.4 Å². The van der Waals surface area contributed by atoms with Crippen molar-refractivity contribution >= 4 is 11.8 Å². The number of hydrogen-bond donors (Lipinski definition) is 1. The summed E-state index contributed by atoms with van der Waals surface area (Å²) in [7, 11) is 0. The highest BCUT2D eigenvalue weighted by molar-refractivity contribution is 6.15. The predicted molar refractivity (Wildman–Crippen MR) is 42.2 cm³/mol. The molecule has 1 rings (SSSR count). The molecule has 2 amide bonds. The first-order chi connectivity index (χ1) is 5.52. The highest BCUT2D eigenvalue weighted by atomic mass is 16.3. The van der Waals surface area contributed by atoms with E-state index >= 15 is 0 Å². The fourth-order valence-corrected chi connectivity index (χ4v) is 1.07. The number of aliphatic hydroxyl groups excluding tert-OH is 1. The fraction of sp³-hybridized carbons (Fsp3) is 0.500. The number of carbonyl (C=O) groups excluding carboxylic acids is 2. The Hall–Kier alpha value is -1.16. The predicted octanol–water partition coefficient (Wildman–Crippen LogP) is -0.318. The van der Waals surface area contributed by atoms with Gasteiger partial charge in [-0.3, -0.25) is 14.5 Å². The number of carbonyl (C=O) groups is 2. The molecule has 1 heterocycles. The summed E-state index contributed by atoms with van der Waals surface area (Å²) in [5, 5.41) is 8.97. The van der Waals surface area contributed by atoms with Crippen molar-refractivity contribution in [2.24, 2.45) is 0 Å². The van der Waals surface area contributed by atoms with Gasteiger partial charge in [-0.15, -0.1) is 0 Å². The van der Waals surface area contributed by atoms with E-state index in [1.807, 2.05) is 0 Å². The van der Waals surface area contributed by atoms with E-state index in [0.29, 0.717) is 5.57 Å². The summed E-state index contributed by atoms with van der Waals surface area (Å²) < 4.78 is 0. The maximum atomic E-state index is 11.2. The third-order valence-corrected chi connectivity index (χ3v) is 1.64. The number of nitrogens with zero attached hydrogens (tertiary/aromatic N) is 1. The van der Waals surface area contributed by atoms with Crippen molar-refractivity contribution in [1.82, 2.24) is 4.90 Å². The van der Waals surface area contributed by atoms with Crippen LogP contribution in [0.3, 0.4) is 0 Å². The molecule has 0 fully saturated rings. The monoisotopic (exact) mass is 169 g/mol. The van der Waals surface area contributed by atoms with Crippen molar-refractivity contribution in [2.45, 2.75) is 20.0 Å². The lowest BCUT2D eigenvalue weighted by molar-refractivity contribution is -0.138. The minimum atomic E-state index is -0.669. The second kappa shape index (κ2) is 3.06. The molecule has 0 aromatic carbocycles. The Morgan fingerprint density at radius 2 is 2.17 bits per heavy atom. The van der Waals surface area contributed by atoms with Gasteiger partial charge in [0, 0.05) is 11.6 Å². The molecule has 0 bridgehead atoms. The van der Waals surface area contributed by atoms with E-state index in [1.54, 1.807) is 6.92 Å². The summed E-state index contributed by atoms with van der Waals surface area (Å²) in [6.45, 7) is 3.20. The molecule has 0 spiro atoms. The van der Waals surface area contributed by atoms with Crippen LogP contribution >= 0.6 is 0 Å². The number of hydrogen-bond acceptors (Lipinski definition) is 3. The van der Waals surface area contributed by atoms with Crippen molar-refractivity contribution < 1.29 is 14.7 Å². The molecule has 0 aromatic rings. The number of rotatable bonds is 2. The van der Waals surface area contributed by atoms with Crippen LogP contribution in [0.4, 0.5) is 0 Å². The number of aliphatic hydroxyl groups is 1. The van der Waals surface area contributed by atoms with Crippen LogP contribution in [0.15, 0.2) is 11.6 Å². The third kappa shape index (κ3) is 1.53. The van der Waals surface area contributed by atoms with Crippen molar-refractivity contribution in [3.63, 3.8) is 0 Å². The lowest BCUT2D eigenvalue weighted by Crippen LogP contribution is -2.36. The average Bonchev–Trinajstić information content (AvgIpc) is 2.16. The van der Waals surface area contributed by atoms with E-state index in [4.69, 9.17) is 5.11 Å². The van der Waals surface area contributed by atoms with Gasteiger partial charge in [0.1, 0.15) is 0 Å². The molecular weight excluding hydrogens is 158 g/mol. The van der Waals surface area contributed by atoms with Crippen molar-refractivity contribution in [1.29, 1.82) is 0 Å². The number of amides is 2. The maximum absolute atomic E-state index is 11.2. The molecule has 4 nitrogen and oxygen atoms in total. The van der Waals surface area contributed by atoms with Gasteiger partial charge >= 0.3 is 0 Å². The van der Waals surface area contributed by atoms with Crippen molar-refractivity contribution in [2.75, 3.05) is 6.54 Å². The topological polar surface area (TPSA) is 57.6 Å². The highest BCUT2D eigenvalue weighted by Gasteiger charge is 2.28. The third-order valence-electron chi connectivity index (χ3n) is 1.64. The van der Waals surface area contributed by atoms with Crippen LogP contribution in [-0.2, 0) is 9.59 Å². The summed E-state index contributed by atoms with van der Waals surface area (Å²) in [5.74, 6) is -0.640. The molecule has 1 aliphatic rings. The molecule has 0 aromatic heterocycles. The zero-order valence-corrected chi connectivity index (χ0v) is 7.07. The molecule has 0 saturated carbocycles. The molecule has 66 valence electrons. The molecule has 12 heavy (non-hydrogen) atoms. The first-order valence-electron chi connectivity index (χ1n) is 3.74. The second-order valence-corrected chi connectivity index (χ2v) is 2.93. The lowest BCUT2D eigenvalue weighted by atomic mass is 10.3. The van der Waals surface area contributed by atoms with Crippen LogP contribution in [-0.4, -0.2) is 34.5 Å². The Bertz CT molecular complexity index is 255. The molecule has 0 aliphatic carbocycles. The van der Waals surface area contributed by atoms with Gasteiger partial charge in [-0.25, -0.2) is 0 Å². The molecule has 1 atom stereocenters. The van der Waals surface area contributed by atoms with E-state index in [1.165, 1.54) is 13.0 Å². The van der Waals surface area contributed by atoms with Gasteiger partial charge in [-0.05, 0) is 13.8 Å². The van der Waals surface area contributed by atoms with E-state index in [0.717, 1.165) is 4.90 Å². The summed E-state index contributed by atoms with van der Waals surface area (Å²) >= 11 is 0. The summed E-state index contributed by atoms with van der Waals surface area (Å²) in [6.07, 6.45) is 0.613. The van der Waals surface area contributed by atoms with Crippen LogP contribution in [0.1, 0.15) is 13.8 Å². The first-order valence-corrected chi connectivity index (χ1v) is 3.74. The Labute approximate surface area is 70.5 Å². The van der Waals surface area contributed by atoms with Gasteiger partial charge in [0.2, 0.25) is 0 Å². The highest BCUT2D eigenvalue weighted by Crippen LogP contribution is 2.11. The van der Waals surface area contributed by atoms with Crippen LogP contribution in [0, 0.1) is 0 Å². The number of β-amino-alcohol motifs (C(OH)–C–C–N with tert-alkyl or cyclic N) is 1. The Morgan fingerprint density at radius 3 is 2.50 bits per heavy atom. The molecule has 1 unspecified atom stereocenters. The van der Waals surface area contributed by atoms with Crippen LogP contribution in [0.5, 0.6) is 0 Å². The fourth-order valence-electron chi connectivity index (χ4n) is 1.07. The van der Waals surface area contributed by atoms with Crippen LogP contribution < -0.4 is 0 Å². The largest absolute Gasteiger partial charge is 0.392 e. The van der Waals surface area contributed by atoms with E-state index < -0.39 is 6.10 Å².